The Morgan fingerprint density at radius 3 is 2.33 bits per heavy atom. The minimum Gasteiger partial charge on any atom is -0.298 e. The van der Waals surface area contributed by atoms with Crippen molar-refractivity contribution in [2.24, 2.45) is 0 Å². The Bertz CT molecular complexity index is 784. The van der Waals surface area contributed by atoms with Crippen LogP contribution in [0.15, 0.2) is 53.4 Å². The van der Waals surface area contributed by atoms with Crippen molar-refractivity contribution in [2.75, 3.05) is 0 Å². The number of hydrogen-bond acceptors (Lipinski definition) is 5. The summed E-state index contributed by atoms with van der Waals surface area (Å²) < 4.78 is 24.5. The van der Waals surface area contributed by atoms with Crippen LogP contribution in [0.4, 0.5) is 5.69 Å². The van der Waals surface area contributed by atoms with E-state index in [0.717, 1.165) is 6.07 Å². The zero-order valence-corrected chi connectivity index (χ0v) is 11.6. The molecule has 0 radical (unpaired) electrons. The number of nitrogens with zero attached hydrogens (tertiary/aromatic N) is 1. The lowest BCUT2D eigenvalue weighted by Crippen LogP contribution is -2.07. The first-order valence-electron chi connectivity index (χ1n) is 5.94. The zero-order valence-electron chi connectivity index (χ0n) is 10.8. The van der Waals surface area contributed by atoms with E-state index in [1.165, 1.54) is 24.3 Å². The maximum atomic E-state index is 12.3. The van der Waals surface area contributed by atoms with Gasteiger partial charge in [-0.3, -0.25) is 14.9 Å². The highest BCUT2D eigenvalue weighted by Gasteiger charge is 2.22. The van der Waals surface area contributed by atoms with E-state index in [0.29, 0.717) is 6.29 Å². The molecule has 0 aliphatic heterocycles. The molecule has 0 saturated carbocycles. The third-order valence-electron chi connectivity index (χ3n) is 2.88. The quantitative estimate of drug-likeness (QED) is 0.480. The minimum atomic E-state index is -3.71. The van der Waals surface area contributed by atoms with Crippen molar-refractivity contribution >= 4 is 21.8 Å². The fourth-order valence-electron chi connectivity index (χ4n) is 1.89. The van der Waals surface area contributed by atoms with Crippen molar-refractivity contribution in [2.45, 2.75) is 10.6 Å². The van der Waals surface area contributed by atoms with Gasteiger partial charge in [0.1, 0.15) is 6.29 Å². The van der Waals surface area contributed by atoms with Crippen LogP contribution in [0, 0.1) is 10.1 Å². The maximum Gasteiger partial charge on any atom is 0.273 e. The number of aldehydes is 1. The van der Waals surface area contributed by atoms with E-state index in [9.17, 15) is 23.3 Å². The number of benzene rings is 2. The number of carbonyl (C=O) groups is 1. The van der Waals surface area contributed by atoms with Gasteiger partial charge in [-0.2, -0.15) is 0 Å². The molecular weight excluding hydrogens is 294 g/mol. The van der Waals surface area contributed by atoms with E-state index in [1.807, 2.05) is 0 Å². The lowest BCUT2D eigenvalue weighted by atomic mass is 10.1. The standard InChI is InChI=1S/C14H11NO5S/c16-9-11-6-7-14(15(17)18)12(8-11)10-21(19,20)13-4-2-1-3-5-13/h1-9H,10H2. The summed E-state index contributed by atoms with van der Waals surface area (Å²) in [5.41, 5.74) is -0.132. The van der Waals surface area contributed by atoms with Gasteiger partial charge in [0.15, 0.2) is 9.84 Å². The van der Waals surface area contributed by atoms with Gasteiger partial charge in [0.05, 0.1) is 15.6 Å². The van der Waals surface area contributed by atoms with Gasteiger partial charge in [-0.25, -0.2) is 8.42 Å². The van der Waals surface area contributed by atoms with Gasteiger partial charge >= 0.3 is 0 Å². The van der Waals surface area contributed by atoms with Gasteiger partial charge in [0, 0.05) is 17.2 Å². The summed E-state index contributed by atoms with van der Waals surface area (Å²) in [5, 5.41) is 11.0. The van der Waals surface area contributed by atoms with Crippen LogP contribution in [0.25, 0.3) is 0 Å². The summed E-state index contributed by atoms with van der Waals surface area (Å²) in [5.74, 6) is -0.533. The summed E-state index contributed by atoms with van der Waals surface area (Å²) in [7, 11) is -3.71. The second-order valence-corrected chi connectivity index (χ2v) is 6.32. The number of rotatable bonds is 5. The van der Waals surface area contributed by atoms with Crippen molar-refractivity contribution in [3.63, 3.8) is 0 Å². The monoisotopic (exact) mass is 305 g/mol. The third kappa shape index (κ3) is 3.32. The van der Waals surface area contributed by atoms with Gasteiger partial charge in [-0.1, -0.05) is 18.2 Å². The highest BCUT2D eigenvalue weighted by Crippen LogP contribution is 2.24. The summed E-state index contributed by atoms with van der Waals surface area (Å²) in [4.78, 5) is 21.1. The molecule has 6 nitrogen and oxygen atoms in total. The first kappa shape index (κ1) is 14.9. The fraction of sp³-hybridized carbons (Fsp3) is 0.0714. The van der Waals surface area contributed by atoms with Crippen molar-refractivity contribution in [1.82, 2.24) is 0 Å². The third-order valence-corrected chi connectivity index (χ3v) is 4.57. The highest BCUT2D eigenvalue weighted by molar-refractivity contribution is 7.90. The summed E-state index contributed by atoms with van der Waals surface area (Å²) in [6, 6.07) is 11.3. The molecule has 108 valence electrons. The maximum absolute atomic E-state index is 12.3. The van der Waals surface area contributed by atoms with Gasteiger partial charge in [0.25, 0.3) is 5.69 Å². The van der Waals surface area contributed by atoms with E-state index < -0.39 is 20.5 Å². The molecule has 0 bridgehead atoms. The summed E-state index contributed by atoms with van der Waals surface area (Å²) >= 11 is 0. The predicted octanol–water partition coefficient (Wildman–Crippen LogP) is 2.38. The Morgan fingerprint density at radius 1 is 1.10 bits per heavy atom. The molecule has 0 heterocycles. The predicted molar refractivity (Wildman–Crippen MR) is 75.8 cm³/mol. The second-order valence-electron chi connectivity index (χ2n) is 4.34. The van der Waals surface area contributed by atoms with Crippen molar-refractivity contribution in [1.29, 1.82) is 0 Å². The molecule has 0 aromatic heterocycles. The van der Waals surface area contributed by atoms with Crippen molar-refractivity contribution in [3.8, 4) is 0 Å². The number of sulfone groups is 1. The molecular formula is C14H11NO5S. The number of hydrogen-bond donors (Lipinski definition) is 0. The van der Waals surface area contributed by atoms with Crippen LogP contribution in [0.3, 0.4) is 0 Å². The molecule has 2 rings (SSSR count). The van der Waals surface area contributed by atoms with E-state index in [1.54, 1.807) is 18.2 Å². The van der Waals surface area contributed by atoms with Crippen LogP contribution in [0.5, 0.6) is 0 Å². The van der Waals surface area contributed by atoms with E-state index >= 15 is 0 Å². The molecule has 0 aliphatic rings. The van der Waals surface area contributed by atoms with Crippen LogP contribution < -0.4 is 0 Å². The Labute approximate surface area is 121 Å². The molecule has 2 aromatic rings. The zero-order chi connectivity index (χ0) is 15.5. The molecule has 21 heavy (non-hydrogen) atoms. The highest BCUT2D eigenvalue weighted by atomic mass is 32.2. The molecule has 0 saturated heterocycles. The van der Waals surface area contributed by atoms with E-state index in [-0.39, 0.29) is 21.7 Å². The van der Waals surface area contributed by atoms with Crippen LogP contribution in [-0.2, 0) is 15.6 Å². The second kappa shape index (κ2) is 5.84. The van der Waals surface area contributed by atoms with Gasteiger partial charge in [0.2, 0.25) is 0 Å². The molecule has 0 atom stereocenters. The number of carbonyl (C=O) groups excluding carboxylic acids is 1. The largest absolute Gasteiger partial charge is 0.298 e. The Morgan fingerprint density at radius 2 is 1.76 bits per heavy atom. The average Bonchev–Trinajstić information content (AvgIpc) is 2.47. The molecule has 7 heteroatoms. The molecule has 0 N–H and O–H groups in total. The Hall–Kier alpha value is -2.54. The minimum absolute atomic E-state index is 0.00606. The molecule has 0 aliphatic carbocycles. The van der Waals surface area contributed by atoms with Crippen LogP contribution in [-0.4, -0.2) is 19.6 Å². The van der Waals surface area contributed by atoms with Gasteiger partial charge < -0.3 is 0 Å². The number of nitro benzene ring substituents is 1. The molecule has 0 spiro atoms. The van der Waals surface area contributed by atoms with Crippen molar-refractivity contribution in [3.05, 3.63) is 69.8 Å². The first-order valence-corrected chi connectivity index (χ1v) is 7.59. The summed E-state index contributed by atoms with van der Waals surface area (Å²) in [6.07, 6.45) is 0.516. The van der Waals surface area contributed by atoms with Crippen LogP contribution >= 0.6 is 0 Å². The van der Waals surface area contributed by atoms with Crippen LogP contribution in [0.2, 0.25) is 0 Å². The van der Waals surface area contributed by atoms with Crippen LogP contribution in [0.1, 0.15) is 15.9 Å². The lowest BCUT2D eigenvalue weighted by Gasteiger charge is -2.06. The van der Waals surface area contributed by atoms with Crippen molar-refractivity contribution < 1.29 is 18.1 Å². The molecule has 0 unspecified atom stereocenters. The normalized spacial score (nSPS) is 11.0. The molecule has 2 aromatic carbocycles. The fourth-order valence-corrected chi connectivity index (χ4v) is 3.27. The smallest absolute Gasteiger partial charge is 0.273 e. The topological polar surface area (TPSA) is 94.3 Å². The van der Waals surface area contributed by atoms with E-state index in [4.69, 9.17) is 0 Å². The van der Waals surface area contributed by atoms with Gasteiger partial charge in [-0.05, 0) is 24.3 Å². The average molecular weight is 305 g/mol. The van der Waals surface area contributed by atoms with E-state index in [2.05, 4.69) is 0 Å². The molecule has 0 amide bonds. The summed E-state index contributed by atoms with van der Waals surface area (Å²) in [6.45, 7) is 0. The Kier molecular flexibility index (Phi) is 4.13. The molecule has 0 fully saturated rings. The first-order chi connectivity index (χ1) is 9.94. The Balaban J connectivity index is 2.47. The lowest BCUT2D eigenvalue weighted by molar-refractivity contribution is -0.385. The number of nitro groups is 1. The van der Waals surface area contributed by atoms with Gasteiger partial charge in [-0.15, -0.1) is 0 Å². The SMILES string of the molecule is O=Cc1ccc([N+](=O)[O-])c(CS(=O)(=O)c2ccccc2)c1.